The third kappa shape index (κ3) is 5.22. The Balaban J connectivity index is 1.53. The Kier molecular flexibility index (Phi) is 7.25. The van der Waals surface area contributed by atoms with Crippen LogP contribution in [0.3, 0.4) is 0 Å². The molecule has 0 saturated carbocycles. The third-order valence-electron chi connectivity index (χ3n) is 5.85. The average molecular weight is 389 g/mol. The molecule has 0 aromatic carbocycles. The largest absolute Gasteiger partial charge is 0.381 e. The van der Waals surface area contributed by atoms with Crippen LogP contribution in [-0.2, 0) is 9.53 Å². The van der Waals surface area contributed by atoms with Crippen LogP contribution in [-0.4, -0.2) is 80.1 Å². The van der Waals surface area contributed by atoms with Crippen molar-refractivity contribution in [2.24, 2.45) is 5.92 Å². The number of nitrogens with zero attached hydrogens (tertiary/aromatic N) is 4. The first-order chi connectivity index (χ1) is 13.6. The minimum Gasteiger partial charge on any atom is -0.381 e. The van der Waals surface area contributed by atoms with Crippen LogP contribution in [0, 0.1) is 5.92 Å². The molecule has 0 spiro atoms. The van der Waals surface area contributed by atoms with Crippen LogP contribution in [0.15, 0.2) is 18.3 Å². The molecule has 2 saturated heterocycles. The molecule has 1 atom stereocenters. The molecule has 0 aliphatic carbocycles. The van der Waals surface area contributed by atoms with E-state index in [-0.39, 0.29) is 5.91 Å². The maximum atomic E-state index is 12.0. The summed E-state index contributed by atoms with van der Waals surface area (Å²) in [6, 6.07) is 4.13. The van der Waals surface area contributed by atoms with Crippen molar-refractivity contribution in [1.82, 2.24) is 14.8 Å². The van der Waals surface area contributed by atoms with Gasteiger partial charge in [-0.25, -0.2) is 4.98 Å². The molecule has 1 aromatic heterocycles. The summed E-state index contributed by atoms with van der Waals surface area (Å²) < 4.78 is 5.41. The number of ether oxygens (including phenoxy) is 1. The molecule has 7 nitrogen and oxygen atoms in total. The van der Waals surface area contributed by atoms with E-state index in [2.05, 4.69) is 9.88 Å². The number of anilines is 1. The van der Waals surface area contributed by atoms with E-state index in [9.17, 15) is 9.59 Å². The molecule has 2 aliphatic heterocycles. The van der Waals surface area contributed by atoms with E-state index in [4.69, 9.17) is 4.74 Å². The van der Waals surface area contributed by atoms with Gasteiger partial charge in [0.05, 0.1) is 11.9 Å². The molecule has 0 radical (unpaired) electrons. The summed E-state index contributed by atoms with van der Waals surface area (Å²) in [6.45, 7) is 4.32. The lowest BCUT2D eigenvalue weighted by Gasteiger charge is -2.36. The SMILES string of the molecule is CN(C)C(=O)c1ccc(N2CCC[C@@H](CCN(C=O)C3CCOCC3)C2)cn1. The number of amides is 2. The molecule has 28 heavy (non-hydrogen) atoms. The van der Waals surface area contributed by atoms with Gasteiger partial charge < -0.3 is 19.4 Å². The van der Waals surface area contributed by atoms with Gasteiger partial charge in [0.2, 0.25) is 6.41 Å². The second kappa shape index (κ2) is 9.87. The quantitative estimate of drug-likeness (QED) is 0.669. The van der Waals surface area contributed by atoms with Crippen molar-refractivity contribution in [3.63, 3.8) is 0 Å². The second-order valence-electron chi connectivity index (χ2n) is 8.03. The molecule has 3 heterocycles. The number of hydrogen-bond acceptors (Lipinski definition) is 5. The molecular formula is C21H32N4O3. The second-order valence-corrected chi connectivity index (χ2v) is 8.03. The van der Waals surface area contributed by atoms with Gasteiger partial charge in [0.1, 0.15) is 5.69 Å². The topological polar surface area (TPSA) is 66.0 Å². The summed E-state index contributed by atoms with van der Waals surface area (Å²) in [5, 5.41) is 0. The predicted molar refractivity (Wildman–Crippen MR) is 108 cm³/mol. The van der Waals surface area contributed by atoms with E-state index in [1.54, 1.807) is 26.4 Å². The van der Waals surface area contributed by atoms with Crippen molar-refractivity contribution in [2.75, 3.05) is 51.8 Å². The average Bonchev–Trinajstić information content (AvgIpc) is 2.74. The fourth-order valence-corrected chi connectivity index (χ4v) is 4.13. The van der Waals surface area contributed by atoms with Gasteiger partial charge in [-0.2, -0.15) is 0 Å². The van der Waals surface area contributed by atoms with E-state index < -0.39 is 0 Å². The number of piperidine rings is 1. The summed E-state index contributed by atoms with van der Waals surface area (Å²) in [7, 11) is 3.46. The molecule has 7 heteroatoms. The zero-order valence-corrected chi connectivity index (χ0v) is 17.0. The predicted octanol–water partition coefficient (Wildman–Crippen LogP) is 2.03. The highest BCUT2D eigenvalue weighted by molar-refractivity contribution is 5.92. The van der Waals surface area contributed by atoms with Crippen LogP contribution in [0.4, 0.5) is 5.69 Å². The van der Waals surface area contributed by atoms with Gasteiger partial charge in [0.15, 0.2) is 0 Å². The van der Waals surface area contributed by atoms with Gasteiger partial charge in [-0.15, -0.1) is 0 Å². The Bertz CT molecular complexity index is 644. The molecule has 3 rings (SSSR count). The zero-order chi connectivity index (χ0) is 19.9. The molecule has 2 aliphatic rings. The first-order valence-corrected chi connectivity index (χ1v) is 10.3. The van der Waals surface area contributed by atoms with Gasteiger partial charge in [-0.1, -0.05) is 0 Å². The van der Waals surface area contributed by atoms with E-state index in [0.29, 0.717) is 17.7 Å². The minimum absolute atomic E-state index is 0.0786. The first kappa shape index (κ1) is 20.6. The van der Waals surface area contributed by atoms with Crippen molar-refractivity contribution in [3.8, 4) is 0 Å². The maximum Gasteiger partial charge on any atom is 0.271 e. The molecule has 1 aromatic rings. The van der Waals surface area contributed by atoms with Crippen molar-refractivity contribution >= 4 is 18.0 Å². The number of carbonyl (C=O) groups excluding carboxylic acids is 2. The lowest BCUT2D eigenvalue weighted by molar-refractivity contribution is -0.122. The summed E-state index contributed by atoms with van der Waals surface area (Å²) in [4.78, 5) is 33.8. The fraction of sp³-hybridized carbons (Fsp3) is 0.667. The maximum absolute atomic E-state index is 12.0. The normalized spacial score (nSPS) is 20.6. The number of carbonyl (C=O) groups is 2. The minimum atomic E-state index is -0.0786. The number of pyridine rings is 1. The Labute approximate surface area is 167 Å². The molecule has 2 amide bonds. The molecule has 2 fully saturated rings. The third-order valence-corrected chi connectivity index (χ3v) is 5.85. The monoisotopic (exact) mass is 388 g/mol. The van der Waals surface area contributed by atoms with E-state index in [1.807, 2.05) is 11.0 Å². The van der Waals surface area contributed by atoms with Crippen LogP contribution >= 0.6 is 0 Å². The summed E-state index contributed by atoms with van der Waals surface area (Å²) >= 11 is 0. The van der Waals surface area contributed by atoms with Gasteiger partial charge >= 0.3 is 0 Å². The van der Waals surface area contributed by atoms with Crippen LogP contribution in [0.25, 0.3) is 0 Å². The van der Waals surface area contributed by atoms with Crippen molar-refractivity contribution < 1.29 is 14.3 Å². The molecule has 154 valence electrons. The van der Waals surface area contributed by atoms with Crippen LogP contribution < -0.4 is 4.90 Å². The summed E-state index contributed by atoms with van der Waals surface area (Å²) in [5.74, 6) is 0.490. The van der Waals surface area contributed by atoms with Crippen LogP contribution in [0.5, 0.6) is 0 Å². The summed E-state index contributed by atoms with van der Waals surface area (Å²) in [6.07, 6.45) is 8.07. The summed E-state index contributed by atoms with van der Waals surface area (Å²) in [5.41, 5.74) is 1.54. The Hall–Kier alpha value is -2.15. The Morgan fingerprint density at radius 3 is 2.71 bits per heavy atom. The molecule has 0 bridgehead atoms. The smallest absolute Gasteiger partial charge is 0.271 e. The van der Waals surface area contributed by atoms with Gasteiger partial charge in [-0.05, 0) is 50.2 Å². The highest BCUT2D eigenvalue weighted by atomic mass is 16.5. The van der Waals surface area contributed by atoms with Gasteiger partial charge in [0.25, 0.3) is 5.91 Å². The molecule has 0 unspecified atom stereocenters. The highest BCUT2D eigenvalue weighted by Crippen LogP contribution is 2.25. The lowest BCUT2D eigenvalue weighted by Crippen LogP contribution is -2.41. The molecular weight excluding hydrogens is 356 g/mol. The number of aromatic nitrogens is 1. The fourth-order valence-electron chi connectivity index (χ4n) is 4.13. The Morgan fingerprint density at radius 1 is 1.29 bits per heavy atom. The zero-order valence-electron chi connectivity index (χ0n) is 17.0. The van der Waals surface area contributed by atoms with Crippen LogP contribution in [0.1, 0.15) is 42.6 Å². The highest BCUT2D eigenvalue weighted by Gasteiger charge is 2.24. The van der Waals surface area contributed by atoms with Gasteiger partial charge in [-0.3, -0.25) is 9.59 Å². The lowest BCUT2D eigenvalue weighted by atomic mass is 9.94. The number of rotatable bonds is 7. The van der Waals surface area contributed by atoms with E-state index in [0.717, 1.165) is 70.6 Å². The number of hydrogen-bond donors (Lipinski definition) is 0. The standard InChI is InChI=1S/C21H32N4O3/c1-23(2)21(27)20-6-5-19(14-22-20)24-10-3-4-17(15-24)7-11-25(16-26)18-8-12-28-13-9-18/h5-6,14,16-18H,3-4,7-13,15H2,1-2H3/t17-/m0/s1. The van der Waals surface area contributed by atoms with Crippen molar-refractivity contribution in [1.29, 1.82) is 0 Å². The van der Waals surface area contributed by atoms with Crippen molar-refractivity contribution in [2.45, 2.75) is 38.1 Å². The van der Waals surface area contributed by atoms with Crippen LogP contribution in [0.2, 0.25) is 0 Å². The van der Waals surface area contributed by atoms with Crippen molar-refractivity contribution in [3.05, 3.63) is 24.0 Å². The Morgan fingerprint density at radius 2 is 2.07 bits per heavy atom. The first-order valence-electron chi connectivity index (χ1n) is 10.3. The molecule has 0 N–H and O–H groups in total. The van der Waals surface area contributed by atoms with E-state index in [1.165, 1.54) is 11.3 Å². The van der Waals surface area contributed by atoms with E-state index >= 15 is 0 Å². The van der Waals surface area contributed by atoms with Gasteiger partial charge in [0, 0.05) is 53.0 Å².